The minimum Gasteiger partial charge on any atom is -0.324 e. The van der Waals surface area contributed by atoms with E-state index < -0.39 is 0 Å². The molecule has 1 rings (SSSR count). The number of rotatable bonds is 5. The van der Waals surface area contributed by atoms with Crippen LogP contribution in [0.2, 0.25) is 0 Å². The molecule has 0 aliphatic rings. The molecule has 102 valence electrons. The third-order valence-electron chi connectivity index (χ3n) is 3.09. The summed E-state index contributed by atoms with van der Waals surface area (Å²) < 4.78 is 13.3. The lowest BCUT2D eigenvalue weighted by Crippen LogP contribution is -2.46. The van der Waals surface area contributed by atoms with Crippen LogP contribution in [0.3, 0.4) is 0 Å². The maximum atomic E-state index is 13.3. The second kappa shape index (κ2) is 5.37. The molecule has 0 radical (unpaired) electrons. The van der Waals surface area contributed by atoms with Crippen molar-refractivity contribution in [2.75, 3.05) is 13.1 Å². The Morgan fingerprint density at radius 2 is 1.78 bits per heavy atom. The predicted molar refractivity (Wildman–Crippen MR) is 75.3 cm³/mol. The summed E-state index contributed by atoms with van der Waals surface area (Å²) in [7, 11) is 0. The monoisotopic (exact) mass is 252 g/mol. The summed E-state index contributed by atoms with van der Waals surface area (Å²) in [4.78, 5) is 0. The average molecular weight is 252 g/mol. The molecule has 0 saturated heterocycles. The minimum atomic E-state index is -0.213. The molecule has 0 heterocycles. The van der Waals surface area contributed by atoms with E-state index in [-0.39, 0.29) is 16.8 Å². The van der Waals surface area contributed by atoms with Gasteiger partial charge >= 0.3 is 0 Å². The van der Waals surface area contributed by atoms with E-state index in [1.165, 1.54) is 0 Å². The fourth-order valence-electron chi connectivity index (χ4n) is 1.86. The lowest BCUT2D eigenvalue weighted by atomic mass is 9.83. The molecule has 0 aliphatic heterocycles. The van der Waals surface area contributed by atoms with Crippen molar-refractivity contribution in [3.8, 4) is 0 Å². The number of nitrogens with two attached hydrogens (primary N) is 1. The molecular formula is C15H25FN2. The molecule has 0 unspecified atom stereocenters. The third-order valence-corrected chi connectivity index (χ3v) is 3.09. The Kier molecular flexibility index (Phi) is 4.51. The molecule has 0 spiro atoms. The van der Waals surface area contributed by atoms with Crippen LogP contribution in [0.25, 0.3) is 0 Å². The zero-order chi connectivity index (χ0) is 14.0. The van der Waals surface area contributed by atoms with Gasteiger partial charge < -0.3 is 11.1 Å². The summed E-state index contributed by atoms with van der Waals surface area (Å²) in [5.74, 6) is -0.148. The van der Waals surface area contributed by atoms with E-state index in [9.17, 15) is 4.39 Å². The van der Waals surface area contributed by atoms with Crippen LogP contribution in [0.4, 0.5) is 4.39 Å². The van der Waals surface area contributed by atoms with Crippen LogP contribution in [0.5, 0.6) is 0 Å². The summed E-state index contributed by atoms with van der Waals surface area (Å²) in [6.07, 6.45) is 0. The topological polar surface area (TPSA) is 38.0 Å². The van der Waals surface area contributed by atoms with Crippen molar-refractivity contribution in [3.63, 3.8) is 0 Å². The molecule has 3 heteroatoms. The van der Waals surface area contributed by atoms with Crippen LogP contribution >= 0.6 is 0 Å². The molecule has 0 saturated carbocycles. The largest absolute Gasteiger partial charge is 0.324 e. The number of halogens is 1. The van der Waals surface area contributed by atoms with Crippen LogP contribution < -0.4 is 11.1 Å². The maximum absolute atomic E-state index is 13.3. The van der Waals surface area contributed by atoms with Crippen molar-refractivity contribution in [1.29, 1.82) is 0 Å². The Balaban J connectivity index is 2.70. The second-order valence-electron chi connectivity index (χ2n) is 6.44. The number of nitrogens with one attached hydrogen (secondary N) is 1. The molecule has 0 bridgehead atoms. The minimum absolute atomic E-state index is 0.0380. The third kappa shape index (κ3) is 4.39. The smallest absolute Gasteiger partial charge is 0.126 e. The Morgan fingerprint density at radius 3 is 2.28 bits per heavy atom. The number of hydrogen-bond donors (Lipinski definition) is 2. The molecule has 0 fully saturated rings. The highest BCUT2D eigenvalue weighted by Crippen LogP contribution is 2.24. The number of benzene rings is 1. The second-order valence-corrected chi connectivity index (χ2v) is 6.44. The highest BCUT2D eigenvalue weighted by atomic mass is 19.1. The van der Waals surface area contributed by atoms with Gasteiger partial charge in [-0.15, -0.1) is 0 Å². The van der Waals surface area contributed by atoms with E-state index >= 15 is 0 Å². The quantitative estimate of drug-likeness (QED) is 0.845. The van der Waals surface area contributed by atoms with Crippen molar-refractivity contribution < 1.29 is 4.39 Å². The molecular weight excluding hydrogens is 227 g/mol. The van der Waals surface area contributed by atoms with E-state index in [0.29, 0.717) is 5.56 Å². The van der Waals surface area contributed by atoms with Gasteiger partial charge in [0.15, 0.2) is 0 Å². The lowest BCUT2D eigenvalue weighted by molar-refractivity contribution is 0.410. The predicted octanol–water partition coefficient (Wildman–Crippen LogP) is 2.74. The van der Waals surface area contributed by atoms with Gasteiger partial charge in [0.05, 0.1) is 0 Å². The summed E-state index contributed by atoms with van der Waals surface area (Å²) in [6, 6.07) is 5.32. The number of aryl methyl sites for hydroxylation is 1. The first kappa shape index (κ1) is 15.1. The molecule has 0 atom stereocenters. The molecule has 1 aromatic carbocycles. The summed E-state index contributed by atoms with van der Waals surface area (Å²) in [6.45, 7) is 11.7. The van der Waals surface area contributed by atoms with Gasteiger partial charge in [-0.3, -0.25) is 0 Å². The van der Waals surface area contributed by atoms with Gasteiger partial charge in [-0.2, -0.15) is 0 Å². The molecule has 1 aromatic rings. The van der Waals surface area contributed by atoms with Gasteiger partial charge in [-0.25, -0.2) is 4.39 Å². The van der Waals surface area contributed by atoms with Crippen molar-refractivity contribution in [2.24, 2.45) is 5.73 Å². The van der Waals surface area contributed by atoms with E-state index in [1.807, 2.05) is 26.0 Å². The molecule has 0 aromatic heterocycles. The zero-order valence-electron chi connectivity index (χ0n) is 12.1. The van der Waals surface area contributed by atoms with Crippen LogP contribution in [0.15, 0.2) is 18.2 Å². The summed E-state index contributed by atoms with van der Waals surface area (Å²) in [5, 5.41) is 3.38. The molecule has 2 nitrogen and oxygen atoms in total. The van der Waals surface area contributed by atoms with Gasteiger partial charge in [0.1, 0.15) is 5.82 Å². The van der Waals surface area contributed by atoms with E-state index in [2.05, 4.69) is 19.2 Å². The Labute approximate surface area is 110 Å². The first-order valence-corrected chi connectivity index (χ1v) is 6.38. The van der Waals surface area contributed by atoms with Crippen molar-refractivity contribution in [2.45, 2.75) is 45.6 Å². The Morgan fingerprint density at radius 1 is 1.17 bits per heavy atom. The first-order valence-electron chi connectivity index (χ1n) is 6.38. The van der Waals surface area contributed by atoms with Crippen LogP contribution in [-0.4, -0.2) is 18.6 Å². The molecule has 3 N–H and O–H groups in total. The van der Waals surface area contributed by atoms with Crippen molar-refractivity contribution >= 4 is 0 Å². The SMILES string of the molecule is Cc1cc(C(C)(C)CNCC(C)(C)N)ccc1F. The summed E-state index contributed by atoms with van der Waals surface area (Å²) in [5.41, 5.74) is 7.52. The zero-order valence-corrected chi connectivity index (χ0v) is 12.1. The molecule has 0 amide bonds. The normalized spacial score (nSPS) is 12.8. The van der Waals surface area contributed by atoms with Crippen LogP contribution in [-0.2, 0) is 5.41 Å². The highest BCUT2D eigenvalue weighted by molar-refractivity contribution is 5.29. The number of hydrogen-bond acceptors (Lipinski definition) is 2. The van der Waals surface area contributed by atoms with Crippen LogP contribution in [0, 0.1) is 12.7 Å². The van der Waals surface area contributed by atoms with Crippen molar-refractivity contribution in [1.82, 2.24) is 5.32 Å². The van der Waals surface area contributed by atoms with E-state index in [0.717, 1.165) is 18.7 Å². The van der Waals surface area contributed by atoms with Gasteiger partial charge in [0.25, 0.3) is 0 Å². The highest BCUT2D eigenvalue weighted by Gasteiger charge is 2.22. The van der Waals surface area contributed by atoms with Crippen LogP contribution in [0.1, 0.15) is 38.8 Å². The Bertz CT molecular complexity index is 405. The maximum Gasteiger partial charge on any atom is 0.126 e. The first-order chi connectivity index (χ1) is 8.12. The Hall–Kier alpha value is -0.930. The molecule has 0 aliphatic carbocycles. The van der Waals surface area contributed by atoms with Gasteiger partial charge in [0.2, 0.25) is 0 Å². The van der Waals surface area contributed by atoms with E-state index in [1.54, 1.807) is 13.0 Å². The van der Waals surface area contributed by atoms with Gasteiger partial charge in [-0.05, 0) is 38.0 Å². The fourth-order valence-corrected chi connectivity index (χ4v) is 1.86. The van der Waals surface area contributed by atoms with Gasteiger partial charge in [-0.1, -0.05) is 26.0 Å². The van der Waals surface area contributed by atoms with Crippen molar-refractivity contribution in [3.05, 3.63) is 35.1 Å². The summed E-state index contributed by atoms with van der Waals surface area (Å²) >= 11 is 0. The lowest BCUT2D eigenvalue weighted by Gasteiger charge is -2.28. The molecule has 18 heavy (non-hydrogen) atoms. The average Bonchev–Trinajstić information content (AvgIpc) is 2.19. The van der Waals surface area contributed by atoms with E-state index in [4.69, 9.17) is 5.73 Å². The van der Waals surface area contributed by atoms with Gasteiger partial charge in [0, 0.05) is 24.0 Å². The fraction of sp³-hybridized carbons (Fsp3) is 0.600. The standard InChI is InChI=1S/C15H25FN2/c1-11-8-12(6-7-13(11)16)14(2,3)9-18-10-15(4,5)17/h6-8,18H,9-10,17H2,1-5H3.